The summed E-state index contributed by atoms with van der Waals surface area (Å²) in [6.45, 7) is -0.331. The van der Waals surface area contributed by atoms with Gasteiger partial charge in [-0.3, -0.25) is 8.37 Å². The van der Waals surface area contributed by atoms with Gasteiger partial charge in [-0.1, -0.05) is 0 Å². The van der Waals surface area contributed by atoms with Crippen LogP contribution in [0.4, 0.5) is 0 Å². The molecular weight excluding hydrogens is 256 g/mol. The van der Waals surface area contributed by atoms with E-state index in [2.05, 4.69) is 0 Å². The van der Waals surface area contributed by atoms with Crippen LogP contribution in [0.3, 0.4) is 0 Å². The Bertz CT molecular complexity index is 398. The maximum atomic E-state index is 9.81. The molecule has 8 heteroatoms. The van der Waals surface area contributed by atoms with Gasteiger partial charge in [-0.05, 0) is 24.3 Å². The summed E-state index contributed by atoms with van der Waals surface area (Å²) in [5.41, 5.74) is 0. The average Bonchev–Trinajstić information content (AvgIpc) is 2.11. The van der Waals surface area contributed by atoms with Crippen molar-refractivity contribution in [3.05, 3.63) is 24.3 Å². The molecule has 0 unspecified atom stereocenters. The molecule has 4 fully saturated rings. The zero-order chi connectivity index (χ0) is 10.8. The van der Waals surface area contributed by atoms with Gasteiger partial charge in [-0.25, -0.2) is 12.5 Å². The molecule has 5 rings (SSSR count). The third-order valence-corrected chi connectivity index (χ3v) is 6.22. The lowest BCUT2D eigenvalue weighted by molar-refractivity contribution is -0.302. The second-order valence-corrected chi connectivity index (χ2v) is 7.18. The summed E-state index contributed by atoms with van der Waals surface area (Å²) in [7, 11) is -4.35. The van der Waals surface area contributed by atoms with Crippen LogP contribution in [0.25, 0.3) is 0 Å². The molecule has 4 aliphatic heterocycles. The van der Waals surface area contributed by atoms with Gasteiger partial charge in [0.25, 0.3) is 0 Å². The van der Waals surface area contributed by atoms with Crippen molar-refractivity contribution in [2.24, 2.45) is 0 Å². The molecule has 0 saturated carbocycles. The molecule has 1 N–H and O–H groups in total. The van der Waals surface area contributed by atoms with Crippen LogP contribution in [0.1, 0.15) is 0 Å². The zero-order valence-electron chi connectivity index (χ0n) is 7.90. The van der Waals surface area contributed by atoms with Crippen LogP contribution in [-0.2, 0) is 20.9 Å². The van der Waals surface area contributed by atoms with E-state index >= 15 is 0 Å². The second-order valence-electron chi connectivity index (χ2n) is 3.33. The second kappa shape index (κ2) is 2.92. The van der Waals surface area contributed by atoms with E-state index in [9.17, 15) is 4.55 Å². The molecule has 0 aliphatic carbocycles. The summed E-state index contributed by atoms with van der Waals surface area (Å²) < 4.78 is 35.7. The highest BCUT2D eigenvalue weighted by Crippen LogP contribution is 2.78. The summed E-state index contributed by atoms with van der Waals surface area (Å²) in [6, 6.07) is 7.03. The van der Waals surface area contributed by atoms with Crippen LogP contribution in [-0.4, -0.2) is 17.8 Å². The monoisotopic (exact) mass is 264 g/mol. The van der Waals surface area contributed by atoms with E-state index in [1.165, 1.54) is 0 Å². The van der Waals surface area contributed by atoms with Gasteiger partial charge in [0.2, 0.25) is 0 Å². The molecular formula is C8H8O6S2. The topological polar surface area (TPSA) is 66.4 Å². The molecule has 6 nitrogen and oxygen atoms in total. The maximum absolute atomic E-state index is 9.81. The van der Waals surface area contributed by atoms with Crippen LogP contribution in [0.15, 0.2) is 34.1 Å². The molecule has 1 aromatic rings. The normalized spacial score (nSPS) is 44.2. The Balaban J connectivity index is 1.63. The molecule has 4 saturated heterocycles. The van der Waals surface area contributed by atoms with E-state index in [0.29, 0.717) is 4.90 Å². The smallest absolute Gasteiger partial charge is 0.304 e. The van der Waals surface area contributed by atoms with Crippen molar-refractivity contribution in [2.45, 2.75) is 16.3 Å². The van der Waals surface area contributed by atoms with Gasteiger partial charge in [0, 0.05) is 0 Å². The van der Waals surface area contributed by atoms with Gasteiger partial charge in [0.05, 0.1) is 9.79 Å². The van der Waals surface area contributed by atoms with Gasteiger partial charge in [-0.2, -0.15) is 0 Å². The summed E-state index contributed by atoms with van der Waals surface area (Å²) in [5.74, 6) is 0. The maximum Gasteiger partial charge on any atom is 0.311 e. The standard InChI is InChI=1S/C8H8O6S2/c9-15(10-5-11-15)6-1-3-7(4-2-6)16-12-8(13-16)14-16/h1-4,8-9H,5H2. The van der Waals surface area contributed by atoms with E-state index in [4.69, 9.17) is 20.9 Å². The minimum atomic E-state index is -2.47. The van der Waals surface area contributed by atoms with Crippen LogP contribution in [0.5, 0.6) is 0 Å². The van der Waals surface area contributed by atoms with Crippen molar-refractivity contribution in [1.82, 2.24) is 0 Å². The molecule has 0 aromatic heterocycles. The molecule has 88 valence electrons. The van der Waals surface area contributed by atoms with Crippen LogP contribution in [0.2, 0.25) is 0 Å². The van der Waals surface area contributed by atoms with Crippen LogP contribution >= 0.6 is 21.7 Å². The first kappa shape index (κ1) is 9.68. The summed E-state index contributed by atoms with van der Waals surface area (Å²) in [5, 5.41) is 0. The number of rotatable bonds is 2. The Kier molecular flexibility index (Phi) is 1.77. The van der Waals surface area contributed by atoms with Gasteiger partial charge in [0.1, 0.15) is 21.7 Å². The highest BCUT2D eigenvalue weighted by atomic mass is 32.3. The summed E-state index contributed by atoms with van der Waals surface area (Å²) in [4.78, 5) is 1.45. The minimum Gasteiger partial charge on any atom is -0.304 e. The SMILES string of the molecule is OS1(c2ccc(S34OC(O3)O4)cc2)OCO1. The number of hydrogen-bond acceptors (Lipinski definition) is 6. The van der Waals surface area contributed by atoms with Crippen molar-refractivity contribution in [2.75, 3.05) is 6.79 Å². The molecule has 4 aliphatic rings. The summed E-state index contributed by atoms with van der Waals surface area (Å²) in [6.07, 6.45) is 0. The fourth-order valence-electron chi connectivity index (χ4n) is 1.55. The molecule has 0 radical (unpaired) electrons. The van der Waals surface area contributed by atoms with E-state index in [0.717, 1.165) is 4.90 Å². The molecule has 4 heterocycles. The van der Waals surface area contributed by atoms with Crippen molar-refractivity contribution in [3.63, 3.8) is 0 Å². The van der Waals surface area contributed by atoms with Crippen molar-refractivity contribution < 1.29 is 25.5 Å². The first-order valence-corrected chi connectivity index (χ1v) is 7.38. The van der Waals surface area contributed by atoms with E-state index in [-0.39, 0.29) is 6.79 Å². The van der Waals surface area contributed by atoms with Crippen molar-refractivity contribution in [1.29, 1.82) is 0 Å². The molecule has 0 spiro atoms. The predicted molar refractivity (Wildman–Crippen MR) is 54.9 cm³/mol. The van der Waals surface area contributed by atoms with Crippen molar-refractivity contribution >= 4 is 21.7 Å². The summed E-state index contributed by atoms with van der Waals surface area (Å²) >= 11 is 0. The largest absolute Gasteiger partial charge is 0.311 e. The predicted octanol–water partition coefficient (Wildman–Crippen LogP) is 2.43. The molecule has 0 atom stereocenters. The van der Waals surface area contributed by atoms with Crippen LogP contribution < -0.4 is 0 Å². The van der Waals surface area contributed by atoms with E-state index in [1.54, 1.807) is 24.3 Å². The first-order valence-electron chi connectivity index (χ1n) is 4.53. The van der Waals surface area contributed by atoms with E-state index < -0.39 is 28.2 Å². The molecule has 0 amide bonds. The number of hydrogen-bond donors (Lipinski definition) is 1. The highest BCUT2D eigenvalue weighted by Gasteiger charge is 2.61. The Morgan fingerprint density at radius 2 is 1.56 bits per heavy atom. The number of benzene rings is 1. The Morgan fingerprint density at radius 1 is 1.00 bits per heavy atom. The lowest BCUT2D eigenvalue weighted by atomic mass is 10.4. The fraction of sp³-hybridized carbons (Fsp3) is 0.250. The molecule has 16 heavy (non-hydrogen) atoms. The van der Waals surface area contributed by atoms with Gasteiger partial charge >= 0.3 is 6.48 Å². The minimum absolute atomic E-state index is 0.139. The Labute approximate surface area is 94.9 Å². The lowest BCUT2D eigenvalue weighted by Crippen LogP contribution is -2.50. The van der Waals surface area contributed by atoms with Gasteiger partial charge < -0.3 is 4.55 Å². The lowest BCUT2D eigenvalue weighted by Gasteiger charge is -2.60. The average molecular weight is 264 g/mol. The Morgan fingerprint density at radius 3 is 1.94 bits per heavy atom. The third kappa shape index (κ3) is 1.10. The zero-order valence-corrected chi connectivity index (χ0v) is 9.53. The Hall–Kier alpha value is -0.320. The molecule has 1 aromatic carbocycles. The fourth-order valence-corrected chi connectivity index (χ4v) is 4.05. The van der Waals surface area contributed by atoms with Gasteiger partial charge in [-0.15, -0.1) is 0 Å². The quantitative estimate of drug-likeness (QED) is 0.885. The van der Waals surface area contributed by atoms with Gasteiger partial charge in [0.15, 0.2) is 6.79 Å². The van der Waals surface area contributed by atoms with E-state index in [1.807, 2.05) is 0 Å². The first-order chi connectivity index (χ1) is 7.70. The molecule has 2 bridgehead atoms. The third-order valence-electron chi connectivity index (χ3n) is 2.44. The van der Waals surface area contributed by atoms with Crippen molar-refractivity contribution in [3.8, 4) is 0 Å². The highest BCUT2D eigenvalue weighted by molar-refractivity contribution is 8.24. The van der Waals surface area contributed by atoms with Crippen LogP contribution in [0, 0.1) is 0 Å².